The molecule has 6 heteroatoms. The van der Waals surface area contributed by atoms with Crippen LogP contribution in [0.2, 0.25) is 0 Å². The second kappa shape index (κ2) is 5.34. The first-order valence-corrected chi connectivity index (χ1v) is 7.43. The fourth-order valence-corrected chi connectivity index (χ4v) is 2.91. The van der Waals surface area contributed by atoms with Crippen molar-refractivity contribution in [2.75, 3.05) is 31.7 Å². The van der Waals surface area contributed by atoms with E-state index in [1.54, 1.807) is 0 Å². The number of rotatable bonds is 3. The van der Waals surface area contributed by atoms with Crippen molar-refractivity contribution in [2.24, 2.45) is 0 Å². The number of hydrogen-bond acceptors (Lipinski definition) is 6. The summed E-state index contributed by atoms with van der Waals surface area (Å²) in [5, 5.41) is 11.4. The highest BCUT2D eigenvalue weighted by molar-refractivity contribution is 7.09. The van der Waals surface area contributed by atoms with Crippen molar-refractivity contribution >= 4 is 16.7 Å². The minimum Gasteiger partial charge on any atom is -0.388 e. The monoisotopic (exact) mass is 285 g/mol. The van der Waals surface area contributed by atoms with Gasteiger partial charge in [0.25, 0.3) is 0 Å². The second-order valence-corrected chi connectivity index (χ2v) is 7.07. The lowest BCUT2D eigenvalue weighted by atomic mass is 9.94. The Morgan fingerprint density at radius 1 is 1.37 bits per heavy atom. The molecule has 0 atom stereocenters. The molecule has 0 radical (unpaired) electrons. The molecule has 0 unspecified atom stereocenters. The van der Waals surface area contributed by atoms with Gasteiger partial charge in [0, 0.05) is 56.6 Å². The predicted molar refractivity (Wildman–Crippen MR) is 76.9 cm³/mol. The van der Waals surface area contributed by atoms with E-state index in [0.717, 1.165) is 11.0 Å². The molecule has 19 heavy (non-hydrogen) atoms. The van der Waals surface area contributed by atoms with Crippen molar-refractivity contribution in [1.82, 2.24) is 9.36 Å². The fourth-order valence-electron chi connectivity index (χ4n) is 2.09. The summed E-state index contributed by atoms with van der Waals surface area (Å²) >= 11 is 1.39. The number of aromatic nitrogens is 2. The molecule has 1 aromatic heterocycles. The van der Waals surface area contributed by atoms with Crippen molar-refractivity contribution in [3.63, 3.8) is 0 Å². The van der Waals surface area contributed by atoms with Crippen LogP contribution in [0.15, 0.2) is 0 Å². The van der Waals surface area contributed by atoms with Crippen molar-refractivity contribution in [3.8, 4) is 0 Å². The molecule has 1 aromatic rings. The third kappa shape index (κ3) is 3.64. The highest BCUT2D eigenvalue weighted by atomic mass is 32.1. The highest BCUT2D eigenvalue weighted by Gasteiger charge is 2.32. The van der Waals surface area contributed by atoms with E-state index in [0.29, 0.717) is 32.6 Å². The summed E-state index contributed by atoms with van der Waals surface area (Å²) in [5.41, 5.74) is -0.703. The van der Waals surface area contributed by atoms with Crippen LogP contribution in [0.5, 0.6) is 0 Å². The summed E-state index contributed by atoms with van der Waals surface area (Å²) < 4.78 is 9.70. The maximum atomic E-state index is 10.5. The Morgan fingerprint density at radius 2 is 2.00 bits per heavy atom. The number of ether oxygens (including phenoxy) is 1. The van der Waals surface area contributed by atoms with Gasteiger partial charge in [-0.1, -0.05) is 20.8 Å². The van der Waals surface area contributed by atoms with Crippen LogP contribution in [0.3, 0.4) is 0 Å². The second-order valence-electron chi connectivity index (χ2n) is 6.34. The first-order chi connectivity index (χ1) is 8.80. The SMILES string of the molecule is CN(CC1(O)CCOCC1)c1nc(C(C)(C)C)ns1. The van der Waals surface area contributed by atoms with Crippen molar-refractivity contribution < 1.29 is 9.84 Å². The normalized spacial score (nSPS) is 19.4. The lowest BCUT2D eigenvalue weighted by molar-refractivity contribution is -0.0572. The molecule has 5 nitrogen and oxygen atoms in total. The lowest BCUT2D eigenvalue weighted by Crippen LogP contribution is -2.45. The molecule has 1 N–H and O–H groups in total. The van der Waals surface area contributed by atoms with Gasteiger partial charge in [-0.15, -0.1) is 0 Å². The van der Waals surface area contributed by atoms with Crippen LogP contribution in [-0.4, -0.2) is 46.9 Å². The van der Waals surface area contributed by atoms with Gasteiger partial charge in [-0.2, -0.15) is 4.37 Å². The van der Waals surface area contributed by atoms with Crippen LogP contribution in [0.1, 0.15) is 39.4 Å². The van der Waals surface area contributed by atoms with E-state index in [4.69, 9.17) is 4.74 Å². The average molecular weight is 285 g/mol. The number of nitrogens with zero attached hydrogens (tertiary/aromatic N) is 3. The van der Waals surface area contributed by atoms with Gasteiger partial charge in [0.05, 0.1) is 5.60 Å². The van der Waals surface area contributed by atoms with Gasteiger partial charge in [0.2, 0.25) is 5.13 Å². The van der Waals surface area contributed by atoms with Gasteiger partial charge in [-0.05, 0) is 0 Å². The molecular formula is C13H23N3O2S. The molecule has 1 saturated heterocycles. The van der Waals surface area contributed by atoms with Gasteiger partial charge in [0.15, 0.2) is 0 Å². The minimum absolute atomic E-state index is 0.0365. The van der Waals surface area contributed by atoms with E-state index >= 15 is 0 Å². The molecule has 1 aliphatic heterocycles. The van der Waals surface area contributed by atoms with E-state index in [1.807, 2.05) is 11.9 Å². The maximum absolute atomic E-state index is 10.5. The third-order valence-electron chi connectivity index (χ3n) is 3.37. The Kier molecular flexibility index (Phi) is 4.13. The molecular weight excluding hydrogens is 262 g/mol. The molecule has 0 amide bonds. The topological polar surface area (TPSA) is 58.5 Å². The van der Waals surface area contributed by atoms with Crippen LogP contribution in [0.4, 0.5) is 5.13 Å². The van der Waals surface area contributed by atoms with E-state index in [9.17, 15) is 5.11 Å². The predicted octanol–water partition coefficient (Wildman–Crippen LogP) is 1.81. The zero-order valence-corrected chi connectivity index (χ0v) is 13.0. The molecule has 0 spiro atoms. The average Bonchev–Trinajstić information content (AvgIpc) is 2.78. The minimum atomic E-state index is -0.666. The fraction of sp³-hybridized carbons (Fsp3) is 0.846. The van der Waals surface area contributed by atoms with E-state index in [-0.39, 0.29) is 5.41 Å². The summed E-state index contributed by atoms with van der Waals surface area (Å²) in [6, 6.07) is 0. The number of aliphatic hydroxyl groups is 1. The largest absolute Gasteiger partial charge is 0.388 e. The van der Waals surface area contributed by atoms with Crippen LogP contribution in [0, 0.1) is 0 Å². The van der Waals surface area contributed by atoms with Crippen molar-refractivity contribution in [3.05, 3.63) is 5.82 Å². The van der Waals surface area contributed by atoms with Crippen LogP contribution < -0.4 is 4.90 Å². The van der Waals surface area contributed by atoms with Gasteiger partial charge in [0.1, 0.15) is 5.82 Å². The van der Waals surface area contributed by atoms with Gasteiger partial charge in [-0.3, -0.25) is 0 Å². The maximum Gasteiger partial charge on any atom is 0.205 e. The molecule has 0 bridgehead atoms. The summed E-state index contributed by atoms with van der Waals surface area (Å²) in [6.45, 7) is 8.15. The zero-order valence-electron chi connectivity index (χ0n) is 12.1. The summed E-state index contributed by atoms with van der Waals surface area (Å²) in [7, 11) is 1.96. The highest BCUT2D eigenvalue weighted by Crippen LogP contribution is 2.27. The number of hydrogen-bond donors (Lipinski definition) is 1. The van der Waals surface area contributed by atoms with E-state index in [1.165, 1.54) is 11.5 Å². The Morgan fingerprint density at radius 3 is 2.53 bits per heavy atom. The Labute approximate surface area is 118 Å². The molecule has 108 valence electrons. The molecule has 1 aliphatic rings. The summed E-state index contributed by atoms with van der Waals surface area (Å²) in [4.78, 5) is 6.57. The third-order valence-corrected chi connectivity index (χ3v) is 4.20. The molecule has 1 fully saturated rings. The van der Waals surface area contributed by atoms with Crippen molar-refractivity contribution in [2.45, 2.75) is 44.6 Å². The van der Waals surface area contributed by atoms with Gasteiger partial charge in [-0.25, -0.2) is 4.98 Å². The van der Waals surface area contributed by atoms with Crippen LogP contribution >= 0.6 is 11.5 Å². The van der Waals surface area contributed by atoms with E-state index < -0.39 is 5.60 Å². The zero-order chi connectivity index (χ0) is 14.1. The molecule has 2 heterocycles. The van der Waals surface area contributed by atoms with Gasteiger partial charge < -0.3 is 14.7 Å². The lowest BCUT2D eigenvalue weighted by Gasteiger charge is -2.35. The molecule has 0 aromatic carbocycles. The number of anilines is 1. The summed E-state index contributed by atoms with van der Waals surface area (Å²) in [6.07, 6.45) is 1.37. The number of likely N-dealkylation sites (N-methyl/N-ethyl adjacent to an activating group) is 1. The summed E-state index contributed by atoms with van der Waals surface area (Å²) in [5.74, 6) is 0.860. The van der Waals surface area contributed by atoms with Gasteiger partial charge >= 0.3 is 0 Å². The standard InChI is InChI=1S/C13H23N3O2S/c1-12(2,3)10-14-11(19-15-10)16(4)9-13(17)5-7-18-8-6-13/h17H,5-9H2,1-4H3. The van der Waals surface area contributed by atoms with Crippen LogP contribution in [-0.2, 0) is 10.2 Å². The molecule has 2 rings (SSSR count). The Bertz CT molecular complexity index is 422. The molecule has 0 aliphatic carbocycles. The first kappa shape index (κ1) is 14.7. The quantitative estimate of drug-likeness (QED) is 0.918. The molecule has 0 saturated carbocycles. The van der Waals surface area contributed by atoms with E-state index in [2.05, 4.69) is 30.1 Å². The Hall–Kier alpha value is -0.720. The Balaban J connectivity index is 2.03. The van der Waals surface area contributed by atoms with Crippen molar-refractivity contribution in [1.29, 1.82) is 0 Å². The first-order valence-electron chi connectivity index (χ1n) is 6.66. The van der Waals surface area contributed by atoms with Crippen LogP contribution in [0.25, 0.3) is 0 Å². The smallest absolute Gasteiger partial charge is 0.205 e.